The van der Waals surface area contributed by atoms with Crippen molar-refractivity contribution >= 4 is 5.96 Å². The summed E-state index contributed by atoms with van der Waals surface area (Å²) in [6.45, 7) is 4.51. The molecule has 1 aliphatic rings. The summed E-state index contributed by atoms with van der Waals surface area (Å²) in [6.07, 6.45) is 3.58. The molecule has 1 fully saturated rings. The van der Waals surface area contributed by atoms with Gasteiger partial charge in [0.1, 0.15) is 11.6 Å². The van der Waals surface area contributed by atoms with Crippen molar-refractivity contribution in [3.05, 3.63) is 35.4 Å². The smallest absolute Gasteiger partial charge is 0.190 e. The van der Waals surface area contributed by atoms with Gasteiger partial charge in [-0.1, -0.05) is 0 Å². The molecule has 0 amide bonds. The van der Waals surface area contributed by atoms with Gasteiger partial charge in [-0.25, -0.2) is 8.78 Å². The van der Waals surface area contributed by atoms with Gasteiger partial charge in [0, 0.05) is 52.6 Å². The van der Waals surface area contributed by atoms with Crippen molar-refractivity contribution in [1.82, 2.24) is 10.6 Å². The van der Waals surface area contributed by atoms with Crippen LogP contribution in [0.1, 0.15) is 24.8 Å². The molecule has 26 heavy (non-hydrogen) atoms. The Balaban J connectivity index is 1.53. The standard InChI is InChI=1S/C19H29F2N3O2/c1-22-19(24-7-3-16-11-17(20)13-18(21)12-16)23-6-2-8-26-14-15-4-9-25-10-5-15/h11-13,15H,2-10,14H2,1H3,(H2,22,23,24). The third-order valence-corrected chi connectivity index (χ3v) is 4.30. The molecule has 1 saturated heterocycles. The van der Waals surface area contributed by atoms with Crippen LogP contribution in [0.3, 0.4) is 0 Å². The Hall–Kier alpha value is -1.73. The molecule has 0 unspecified atom stereocenters. The minimum absolute atomic E-state index is 0.517. The Morgan fingerprint density at radius 1 is 1.15 bits per heavy atom. The average Bonchev–Trinajstić information content (AvgIpc) is 2.63. The minimum atomic E-state index is -0.553. The summed E-state index contributed by atoms with van der Waals surface area (Å²) in [5, 5.41) is 6.35. The van der Waals surface area contributed by atoms with Crippen LogP contribution in [0.2, 0.25) is 0 Å². The maximum atomic E-state index is 13.2. The summed E-state index contributed by atoms with van der Waals surface area (Å²) >= 11 is 0. The molecular weight excluding hydrogens is 340 g/mol. The Morgan fingerprint density at radius 2 is 1.85 bits per heavy atom. The lowest BCUT2D eigenvalue weighted by molar-refractivity contribution is 0.0203. The number of halogens is 2. The summed E-state index contributed by atoms with van der Waals surface area (Å²) in [4.78, 5) is 4.14. The van der Waals surface area contributed by atoms with Crippen molar-refractivity contribution in [3.8, 4) is 0 Å². The largest absolute Gasteiger partial charge is 0.381 e. The molecule has 2 N–H and O–H groups in total. The van der Waals surface area contributed by atoms with E-state index >= 15 is 0 Å². The van der Waals surface area contributed by atoms with Crippen molar-refractivity contribution in [1.29, 1.82) is 0 Å². The van der Waals surface area contributed by atoms with E-state index in [0.717, 1.165) is 51.7 Å². The highest BCUT2D eigenvalue weighted by Crippen LogP contribution is 2.14. The molecule has 1 aliphatic heterocycles. The molecule has 0 aromatic heterocycles. The molecule has 0 radical (unpaired) electrons. The second-order valence-electron chi connectivity index (χ2n) is 6.44. The topological polar surface area (TPSA) is 54.9 Å². The van der Waals surface area contributed by atoms with Crippen molar-refractivity contribution < 1.29 is 18.3 Å². The van der Waals surface area contributed by atoms with Crippen LogP contribution in [0.25, 0.3) is 0 Å². The van der Waals surface area contributed by atoms with E-state index in [4.69, 9.17) is 9.47 Å². The van der Waals surface area contributed by atoms with Crippen molar-refractivity contribution in [2.45, 2.75) is 25.7 Å². The first-order valence-electron chi connectivity index (χ1n) is 9.22. The molecule has 0 aliphatic carbocycles. The van der Waals surface area contributed by atoms with Gasteiger partial charge in [-0.3, -0.25) is 4.99 Å². The molecular formula is C19H29F2N3O2. The minimum Gasteiger partial charge on any atom is -0.381 e. The summed E-state index contributed by atoms with van der Waals surface area (Å²) in [7, 11) is 1.69. The van der Waals surface area contributed by atoms with Crippen LogP contribution in [0, 0.1) is 17.6 Å². The predicted octanol–water partition coefficient (Wildman–Crippen LogP) is 2.51. The lowest BCUT2D eigenvalue weighted by atomic mass is 10.0. The van der Waals surface area contributed by atoms with Gasteiger partial charge in [0.2, 0.25) is 0 Å². The van der Waals surface area contributed by atoms with E-state index < -0.39 is 11.6 Å². The molecule has 1 aromatic rings. The SMILES string of the molecule is CN=C(NCCCOCC1CCOCC1)NCCc1cc(F)cc(F)c1. The molecule has 146 valence electrons. The van der Waals surface area contributed by atoms with Gasteiger partial charge in [-0.05, 0) is 49.3 Å². The van der Waals surface area contributed by atoms with Gasteiger partial charge in [-0.2, -0.15) is 0 Å². The van der Waals surface area contributed by atoms with Gasteiger partial charge in [-0.15, -0.1) is 0 Å². The normalized spacial score (nSPS) is 15.9. The highest BCUT2D eigenvalue weighted by atomic mass is 19.1. The van der Waals surface area contributed by atoms with Gasteiger partial charge in [0.05, 0.1) is 0 Å². The number of guanidine groups is 1. The fraction of sp³-hybridized carbons (Fsp3) is 0.632. The number of rotatable bonds is 9. The Kier molecular flexibility index (Phi) is 9.34. The molecule has 0 bridgehead atoms. The lowest BCUT2D eigenvalue weighted by Crippen LogP contribution is -2.39. The monoisotopic (exact) mass is 369 g/mol. The molecule has 1 heterocycles. The number of hydrogen-bond acceptors (Lipinski definition) is 3. The van der Waals surface area contributed by atoms with Crippen molar-refractivity contribution in [2.75, 3.05) is 46.6 Å². The zero-order valence-electron chi connectivity index (χ0n) is 15.4. The Labute approximate surface area is 154 Å². The fourth-order valence-electron chi connectivity index (χ4n) is 2.85. The highest BCUT2D eigenvalue weighted by Gasteiger charge is 2.13. The predicted molar refractivity (Wildman–Crippen MR) is 98.4 cm³/mol. The van der Waals surface area contributed by atoms with E-state index in [1.807, 2.05) is 0 Å². The zero-order chi connectivity index (χ0) is 18.6. The molecule has 1 aromatic carbocycles. The number of nitrogens with one attached hydrogen (secondary N) is 2. The lowest BCUT2D eigenvalue weighted by Gasteiger charge is -2.21. The Bertz CT molecular complexity index is 543. The van der Waals surface area contributed by atoms with Crippen LogP contribution >= 0.6 is 0 Å². The van der Waals surface area contributed by atoms with E-state index in [9.17, 15) is 8.78 Å². The van der Waals surface area contributed by atoms with Crippen LogP contribution in [0.15, 0.2) is 23.2 Å². The van der Waals surface area contributed by atoms with E-state index in [0.29, 0.717) is 37.0 Å². The first-order valence-corrected chi connectivity index (χ1v) is 9.22. The number of nitrogens with zero attached hydrogens (tertiary/aromatic N) is 1. The quantitative estimate of drug-likeness (QED) is 0.399. The van der Waals surface area contributed by atoms with Gasteiger partial charge >= 0.3 is 0 Å². The first-order chi connectivity index (χ1) is 12.7. The molecule has 5 nitrogen and oxygen atoms in total. The van der Waals surface area contributed by atoms with Crippen molar-refractivity contribution in [2.24, 2.45) is 10.9 Å². The number of aliphatic imine (C=N–C) groups is 1. The van der Waals surface area contributed by atoms with E-state index in [-0.39, 0.29) is 0 Å². The molecule has 2 rings (SSSR count). The summed E-state index contributed by atoms with van der Waals surface area (Å²) in [5.41, 5.74) is 0.618. The Morgan fingerprint density at radius 3 is 2.54 bits per heavy atom. The first kappa shape index (κ1) is 20.6. The van der Waals surface area contributed by atoms with Crippen LogP contribution in [-0.4, -0.2) is 52.5 Å². The number of benzene rings is 1. The second kappa shape index (κ2) is 11.8. The van der Waals surface area contributed by atoms with Crippen LogP contribution in [0.5, 0.6) is 0 Å². The van der Waals surface area contributed by atoms with Crippen LogP contribution < -0.4 is 10.6 Å². The highest BCUT2D eigenvalue weighted by molar-refractivity contribution is 5.79. The van der Waals surface area contributed by atoms with E-state index in [1.165, 1.54) is 12.1 Å². The fourth-order valence-corrected chi connectivity index (χ4v) is 2.85. The third-order valence-electron chi connectivity index (χ3n) is 4.30. The molecule has 0 spiro atoms. The molecule has 0 saturated carbocycles. The van der Waals surface area contributed by atoms with Gasteiger partial charge in [0.25, 0.3) is 0 Å². The van der Waals surface area contributed by atoms with Gasteiger partial charge in [0.15, 0.2) is 5.96 Å². The van der Waals surface area contributed by atoms with Crippen molar-refractivity contribution in [3.63, 3.8) is 0 Å². The van der Waals surface area contributed by atoms with E-state index in [2.05, 4.69) is 15.6 Å². The summed E-state index contributed by atoms with van der Waals surface area (Å²) < 4.78 is 37.4. The zero-order valence-corrected chi connectivity index (χ0v) is 15.4. The average molecular weight is 369 g/mol. The summed E-state index contributed by atoms with van der Waals surface area (Å²) in [6, 6.07) is 3.56. The molecule has 0 atom stereocenters. The maximum Gasteiger partial charge on any atom is 0.190 e. The maximum absolute atomic E-state index is 13.2. The summed E-state index contributed by atoms with van der Waals surface area (Å²) in [5.74, 6) is 0.191. The van der Waals surface area contributed by atoms with E-state index in [1.54, 1.807) is 7.05 Å². The van der Waals surface area contributed by atoms with Gasteiger partial charge < -0.3 is 20.1 Å². The number of ether oxygens (including phenoxy) is 2. The third kappa shape index (κ3) is 8.10. The van der Waals surface area contributed by atoms with Crippen LogP contribution in [0.4, 0.5) is 8.78 Å². The van der Waals surface area contributed by atoms with Crippen LogP contribution in [-0.2, 0) is 15.9 Å². The molecule has 7 heteroatoms. The second-order valence-corrected chi connectivity index (χ2v) is 6.44. The number of hydrogen-bond donors (Lipinski definition) is 2.